The first kappa shape index (κ1) is 25.5. The molecule has 0 spiro atoms. The Morgan fingerprint density at radius 2 is 1.66 bits per heavy atom. The molecule has 1 N–H and O–H groups in total. The lowest BCUT2D eigenvalue weighted by molar-refractivity contribution is -0.122. The Morgan fingerprint density at radius 3 is 2.34 bits per heavy atom. The smallest absolute Gasteiger partial charge is 0.270 e. The summed E-state index contributed by atoms with van der Waals surface area (Å²) in [5.41, 5.74) is 2.55. The van der Waals surface area contributed by atoms with E-state index in [2.05, 4.69) is 5.32 Å². The van der Waals surface area contributed by atoms with E-state index < -0.39 is 11.8 Å². The van der Waals surface area contributed by atoms with Crippen molar-refractivity contribution < 1.29 is 14.3 Å². The van der Waals surface area contributed by atoms with Gasteiger partial charge in [-0.2, -0.15) is 0 Å². The number of thiocarbonyl (C=S) groups is 1. The number of amides is 2. The highest BCUT2D eigenvalue weighted by atomic mass is 35.5. The van der Waals surface area contributed by atoms with Crippen LogP contribution in [-0.2, 0) is 16.2 Å². The van der Waals surface area contributed by atoms with E-state index in [4.69, 9.17) is 63.4 Å². The Morgan fingerprint density at radius 1 is 0.971 bits per heavy atom. The van der Waals surface area contributed by atoms with E-state index in [1.54, 1.807) is 30.3 Å². The maximum absolute atomic E-state index is 13.3. The SMILES string of the molecule is Cc1cccc(COc2c(Cl)cc(/C=C3\C(=O)NC(=S)N(c4cccc(Cl)c4Cl)C3=O)cc2Cl)c1. The molecule has 0 saturated carbocycles. The molecule has 0 bridgehead atoms. The van der Waals surface area contributed by atoms with E-state index in [0.717, 1.165) is 16.0 Å². The quantitative estimate of drug-likeness (QED) is 0.205. The summed E-state index contributed by atoms with van der Waals surface area (Å²) in [5, 5.41) is 3.20. The molecule has 1 saturated heterocycles. The second-order valence-electron chi connectivity index (χ2n) is 7.62. The number of nitrogens with zero attached hydrogens (tertiary/aromatic N) is 1. The van der Waals surface area contributed by atoms with E-state index in [1.807, 2.05) is 31.2 Å². The number of halogens is 4. The van der Waals surface area contributed by atoms with Gasteiger partial charge in [0, 0.05) is 0 Å². The van der Waals surface area contributed by atoms with Crippen molar-refractivity contribution in [1.29, 1.82) is 0 Å². The Balaban J connectivity index is 1.63. The van der Waals surface area contributed by atoms with E-state index in [-0.39, 0.29) is 43.1 Å². The van der Waals surface area contributed by atoms with Crippen molar-refractivity contribution in [1.82, 2.24) is 5.32 Å². The molecule has 0 aliphatic carbocycles. The van der Waals surface area contributed by atoms with E-state index in [9.17, 15) is 9.59 Å². The lowest BCUT2D eigenvalue weighted by Gasteiger charge is -2.29. The van der Waals surface area contributed by atoms with Gasteiger partial charge in [0.1, 0.15) is 12.2 Å². The Hall–Kier alpha value is -2.61. The molecular formula is C25H16Cl4N2O3S. The van der Waals surface area contributed by atoms with Crippen molar-refractivity contribution in [3.05, 3.63) is 97.0 Å². The molecule has 1 aliphatic heterocycles. The minimum absolute atomic E-state index is 0.114. The van der Waals surface area contributed by atoms with E-state index in [0.29, 0.717) is 11.3 Å². The maximum Gasteiger partial charge on any atom is 0.270 e. The highest BCUT2D eigenvalue weighted by Crippen LogP contribution is 2.37. The van der Waals surface area contributed by atoms with Crippen LogP contribution in [0, 0.1) is 6.92 Å². The molecule has 4 rings (SSSR count). The van der Waals surface area contributed by atoms with Crippen LogP contribution >= 0.6 is 58.6 Å². The molecule has 1 aliphatic rings. The van der Waals surface area contributed by atoms with Gasteiger partial charge in [0.2, 0.25) is 0 Å². The van der Waals surface area contributed by atoms with Crippen LogP contribution in [0.1, 0.15) is 16.7 Å². The van der Waals surface area contributed by atoms with E-state index >= 15 is 0 Å². The molecule has 0 atom stereocenters. The number of anilines is 1. The molecule has 0 unspecified atom stereocenters. The van der Waals surface area contributed by atoms with Crippen LogP contribution in [0.5, 0.6) is 5.75 Å². The standard InChI is InChI=1S/C25H16Cl4N2O3S/c1-13-4-2-5-14(8-13)12-34-22-18(27)10-15(11-19(22)28)9-16-23(32)30-25(35)31(24(16)33)20-7-3-6-17(26)21(20)29/h2-11H,12H2,1H3,(H,30,32,35)/b16-9+. The molecule has 3 aromatic carbocycles. The van der Waals surface area contributed by atoms with Crippen LogP contribution in [0.3, 0.4) is 0 Å². The zero-order chi connectivity index (χ0) is 25.3. The maximum atomic E-state index is 13.3. The van der Waals surface area contributed by atoms with Gasteiger partial charge in [-0.1, -0.05) is 82.3 Å². The first-order valence-corrected chi connectivity index (χ1v) is 12.1. The van der Waals surface area contributed by atoms with Gasteiger partial charge in [0.05, 0.1) is 25.8 Å². The Labute approximate surface area is 227 Å². The zero-order valence-electron chi connectivity index (χ0n) is 18.1. The number of carbonyl (C=O) groups is 2. The second-order valence-corrected chi connectivity index (χ2v) is 9.61. The van der Waals surface area contributed by atoms with Gasteiger partial charge < -0.3 is 4.74 Å². The molecular weight excluding hydrogens is 550 g/mol. The third-order valence-corrected chi connectivity index (χ3v) is 6.73. The highest BCUT2D eigenvalue weighted by Gasteiger charge is 2.35. The average molecular weight is 566 g/mol. The van der Waals surface area contributed by atoms with Gasteiger partial charge >= 0.3 is 0 Å². The van der Waals surface area contributed by atoms with Crippen LogP contribution < -0.4 is 15.0 Å². The van der Waals surface area contributed by atoms with Gasteiger partial charge in [-0.3, -0.25) is 19.8 Å². The first-order valence-electron chi connectivity index (χ1n) is 10.2. The molecule has 1 heterocycles. The molecule has 10 heteroatoms. The largest absolute Gasteiger partial charge is 0.486 e. The number of carbonyl (C=O) groups excluding carboxylic acids is 2. The van der Waals surface area contributed by atoms with Gasteiger partial charge in [-0.05, 0) is 60.6 Å². The number of ether oxygens (including phenoxy) is 1. The average Bonchev–Trinajstić information content (AvgIpc) is 2.79. The molecule has 3 aromatic rings. The fourth-order valence-corrected chi connectivity index (χ4v) is 4.73. The molecule has 35 heavy (non-hydrogen) atoms. The summed E-state index contributed by atoms with van der Waals surface area (Å²) >= 11 is 30.4. The molecule has 1 fully saturated rings. The summed E-state index contributed by atoms with van der Waals surface area (Å²) in [6.45, 7) is 2.26. The predicted molar refractivity (Wildman–Crippen MR) is 145 cm³/mol. The summed E-state index contributed by atoms with van der Waals surface area (Å²) in [7, 11) is 0. The van der Waals surface area contributed by atoms with Crippen LogP contribution in [-0.4, -0.2) is 16.9 Å². The normalized spacial score (nSPS) is 14.9. The minimum atomic E-state index is -0.671. The van der Waals surface area contributed by atoms with Gasteiger partial charge in [0.15, 0.2) is 10.9 Å². The summed E-state index contributed by atoms with van der Waals surface area (Å²) in [5.74, 6) is -1.04. The van der Waals surface area contributed by atoms with Crippen molar-refractivity contribution in [2.24, 2.45) is 0 Å². The monoisotopic (exact) mass is 564 g/mol. The van der Waals surface area contributed by atoms with Crippen molar-refractivity contribution in [3.63, 3.8) is 0 Å². The molecule has 178 valence electrons. The lowest BCUT2D eigenvalue weighted by atomic mass is 10.1. The van der Waals surface area contributed by atoms with Gasteiger partial charge in [-0.15, -0.1) is 0 Å². The predicted octanol–water partition coefficient (Wildman–Crippen LogP) is 7.02. The van der Waals surface area contributed by atoms with Crippen LogP contribution in [0.4, 0.5) is 5.69 Å². The van der Waals surface area contributed by atoms with Crippen LogP contribution in [0.25, 0.3) is 6.08 Å². The number of benzene rings is 3. The lowest BCUT2D eigenvalue weighted by Crippen LogP contribution is -2.54. The van der Waals surface area contributed by atoms with Gasteiger partial charge in [0.25, 0.3) is 11.8 Å². The van der Waals surface area contributed by atoms with Crippen LogP contribution in [0.15, 0.2) is 60.2 Å². The molecule has 5 nitrogen and oxygen atoms in total. The topological polar surface area (TPSA) is 58.6 Å². The first-order chi connectivity index (χ1) is 16.7. The Kier molecular flexibility index (Phi) is 7.69. The Bertz CT molecular complexity index is 1380. The fraction of sp³-hybridized carbons (Fsp3) is 0.0800. The minimum Gasteiger partial charge on any atom is -0.486 e. The summed E-state index contributed by atoms with van der Waals surface area (Å²) < 4.78 is 5.83. The number of hydrogen-bond acceptors (Lipinski definition) is 4. The third-order valence-electron chi connectivity index (χ3n) is 5.07. The third kappa shape index (κ3) is 5.47. The highest BCUT2D eigenvalue weighted by molar-refractivity contribution is 7.80. The summed E-state index contributed by atoms with van der Waals surface area (Å²) in [4.78, 5) is 27.0. The fourth-order valence-electron chi connectivity index (χ4n) is 3.47. The molecule has 2 amide bonds. The zero-order valence-corrected chi connectivity index (χ0v) is 21.9. The van der Waals surface area contributed by atoms with Crippen molar-refractivity contribution in [3.8, 4) is 5.75 Å². The van der Waals surface area contributed by atoms with Crippen molar-refractivity contribution in [2.45, 2.75) is 13.5 Å². The van der Waals surface area contributed by atoms with Crippen molar-refractivity contribution >= 4 is 87.3 Å². The number of rotatable bonds is 5. The van der Waals surface area contributed by atoms with Gasteiger partial charge in [-0.25, -0.2) is 0 Å². The number of aryl methyl sites for hydroxylation is 1. The summed E-state index contributed by atoms with van der Waals surface area (Å²) in [6.07, 6.45) is 1.37. The second kappa shape index (κ2) is 10.6. The van der Waals surface area contributed by atoms with Crippen LogP contribution in [0.2, 0.25) is 20.1 Å². The molecule has 0 aromatic heterocycles. The summed E-state index contributed by atoms with van der Waals surface area (Å²) in [6, 6.07) is 15.7. The van der Waals surface area contributed by atoms with Crippen molar-refractivity contribution in [2.75, 3.05) is 4.90 Å². The number of nitrogens with one attached hydrogen (secondary N) is 1. The van der Waals surface area contributed by atoms with E-state index in [1.165, 1.54) is 6.08 Å². The number of hydrogen-bond donors (Lipinski definition) is 1. The molecule has 0 radical (unpaired) electrons.